The van der Waals surface area contributed by atoms with Crippen molar-refractivity contribution >= 4 is 5.91 Å². The zero-order valence-corrected chi connectivity index (χ0v) is 14.0. The van der Waals surface area contributed by atoms with Crippen LogP contribution in [0.25, 0.3) is 0 Å². The smallest absolute Gasteiger partial charge is 0.239 e. The van der Waals surface area contributed by atoms with E-state index in [1.165, 1.54) is 5.56 Å². The molecule has 3 rings (SSSR count). The summed E-state index contributed by atoms with van der Waals surface area (Å²) in [4.78, 5) is 16.9. The van der Waals surface area contributed by atoms with Crippen LogP contribution in [0.3, 0.4) is 0 Å². The molecule has 126 valence electrons. The Labute approximate surface area is 143 Å². The topological polar surface area (TPSA) is 49.6 Å². The first-order valence-corrected chi connectivity index (χ1v) is 8.57. The summed E-state index contributed by atoms with van der Waals surface area (Å²) in [6, 6.07) is 20.0. The molecule has 1 heterocycles. The molecule has 1 saturated heterocycles. The van der Waals surface area contributed by atoms with E-state index < -0.39 is 6.04 Å². The van der Waals surface area contributed by atoms with Crippen LogP contribution in [0.15, 0.2) is 60.7 Å². The maximum absolute atomic E-state index is 12.5. The summed E-state index contributed by atoms with van der Waals surface area (Å²) in [5.74, 6) is 0.0678. The van der Waals surface area contributed by atoms with Crippen LogP contribution in [0, 0.1) is 0 Å². The van der Waals surface area contributed by atoms with Crippen molar-refractivity contribution in [2.24, 2.45) is 5.73 Å². The highest BCUT2D eigenvalue weighted by Crippen LogP contribution is 2.10. The van der Waals surface area contributed by atoms with Crippen molar-refractivity contribution in [2.75, 3.05) is 26.2 Å². The third kappa shape index (κ3) is 4.43. The van der Waals surface area contributed by atoms with Crippen molar-refractivity contribution in [1.82, 2.24) is 9.80 Å². The summed E-state index contributed by atoms with van der Waals surface area (Å²) in [5.41, 5.74) is 8.56. The van der Waals surface area contributed by atoms with E-state index in [9.17, 15) is 4.79 Å². The number of hydrogen-bond donors (Lipinski definition) is 1. The number of benzene rings is 2. The predicted octanol–water partition coefficient (Wildman–Crippen LogP) is 1.90. The van der Waals surface area contributed by atoms with Gasteiger partial charge in [-0.05, 0) is 17.5 Å². The minimum absolute atomic E-state index is 0.0678. The molecule has 1 aliphatic heterocycles. The molecule has 1 fully saturated rings. The average molecular weight is 323 g/mol. The molecule has 4 nitrogen and oxygen atoms in total. The van der Waals surface area contributed by atoms with Crippen LogP contribution in [0.4, 0.5) is 0 Å². The number of rotatable bonds is 5. The van der Waals surface area contributed by atoms with E-state index in [0.717, 1.165) is 38.3 Å². The Hall–Kier alpha value is -2.17. The van der Waals surface area contributed by atoms with Crippen molar-refractivity contribution in [2.45, 2.75) is 19.0 Å². The fourth-order valence-corrected chi connectivity index (χ4v) is 3.16. The number of nitrogens with zero attached hydrogens (tertiary/aromatic N) is 2. The molecule has 24 heavy (non-hydrogen) atoms. The van der Waals surface area contributed by atoms with E-state index >= 15 is 0 Å². The fourth-order valence-electron chi connectivity index (χ4n) is 3.16. The van der Waals surface area contributed by atoms with Gasteiger partial charge in [0.15, 0.2) is 0 Å². The van der Waals surface area contributed by atoms with E-state index in [0.29, 0.717) is 6.42 Å². The van der Waals surface area contributed by atoms with Crippen LogP contribution in [0.2, 0.25) is 0 Å². The molecule has 0 aliphatic carbocycles. The van der Waals surface area contributed by atoms with E-state index in [-0.39, 0.29) is 5.91 Å². The normalized spacial score (nSPS) is 16.8. The summed E-state index contributed by atoms with van der Waals surface area (Å²) in [6.45, 7) is 4.26. The van der Waals surface area contributed by atoms with Crippen LogP contribution >= 0.6 is 0 Å². The summed E-state index contributed by atoms with van der Waals surface area (Å²) < 4.78 is 0. The predicted molar refractivity (Wildman–Crippen MR) is 96.4 cm³/mol. The Kier molecular flexibility index (Phi) is 5.62. The average Bonchev–Trinajstić information content (AvgIpc) is 2.63. The summed E-state index contributed by atoms with van der Waals surface area (Å²) in [7, 11) is 0. The second-order valence-corrected chi connectivity index (χ2v) is 6.38. The van der Waals surface area contributed by atoms with Gasteiger partial charge in [0, 0.05) is 32.7 Å². The van der Waals surface area contributed by atoms with Gasteiger partial charge in [0.2, 0.25) is 5.91 Å². The van der Waals surface area contributed by atoms with Gasteiger partial charge < -0.3 is 10.6 Å². The minimum atomic E-state index is -0.451. The molecule has 2 aromatic rings. The first-order chi connectivity index (χ1) is 11.7. The summed E-state index contributed by atoms with van der Waals surface area (Å²) in [6.07, 6.45) is 0.601. The van der Waals surface area contributed by atoms with Gasteiger partial charge >= 0.3 is 0 Å². The van der Waals surface area contributed by atoms with Crippen LogP contribution in [-0.2, 0) is 17.8 Å². The van der Waals surface area contributed by atoms with Crippen molar-refractivity contribution < 1.29 is 4.79 Å². The number of nitrogens with two attached hydrogens (primary N) is 1. The lowest BCUT2D eigenvalue weighted by molar-refractivity contribution is -0.134. The van der Waals surface area contributed by atoms with Gasteiger partial charge in [-0.15, -0.1) is 0 Å². The zero-order chi connectivity index (χ0) is 16.8. The zero-order valence-electron chi connectivity index (χ0n) is 14.0. The molecule has 1 amide bonds. The van der Waals surface area contributed by atoms with Crippen LogP contribution in [0.1, 0.15) is 11.1 Å². The van der Waals surface area contributed by atoms with Gasteiger partial charge in [-0.3, -0.25) is 9.69 Å². The fraction of sp³-hybridized carbons (Fsp3) is 0.350. The van der Waals surface area contributed by atoms with Gasteiger partial charge in [0.1, 0.15) is 0 Å². The Morgan fingerprint density at radius 1 is 0.875 bits per heavy atom. The molecule has 0 aromatic heterocycles. The van der Waals surface area contributed by atoms with Crippen molar-refractivity contribution in [3.05, 3.63) is 71.8 Å². The van der Waals surface area contributed by atoms with Gasteiger partial charge in [0.25, 0.3) is 0 Å². The standard InChI is InChI=1S/C20H25N3O/c21-19(15-17-7-3-1-4-8-17)20(24)23-13-11-22(12-14-23)16-18-9-5-2-6-10-18/h1-10,19H,11-16,21H2. The highest BCUT2D eigenvalue weighted by atomic mass is 16.2. The molecule has 1 unspecified atom stereocenters. The quantitative estimate of drug-likeness (QED) is 0.914. The number of carbonyl (C=O) groups is 1. The molecule has 0 saturated carbocycles. The van der Waals surface area contributed by atoms with Crippen molar-refractivity contribution in [1.29, 1.82) is 0 Å². The van der Waals surface area contributed by atoms with E-state index in [4.69, 9.17) is 5.73 Å². The van der Waals surface area contributed by atoms with Crippen LogP contribution < -0.4 is 5.73 Å². The van der Waals surface area contributed by atoms with Gasteiger partial charge in [0.05, 0.1) is 6.04 Å². The molecule has 2 aromatic carbocycles. The molecule has 1 aliphatic rings. The Balaban J connectivity index is 1.48. The molecule has 1 atom stereocenters. The van der Waals surface area contributed by atoms with E-state index in [2.05, 4.69) is 29.2 Å². The number of piperazine rings is 1. The second kappa shape index (κ2) is 8.08. The largest absolute Gasteiger partial charge is 0.339 e. The van der Waals surface area contributed by atoms with Crippen molar-refractivity contribution in [3.8, 4) is 0 Å². The van der Waals surface area contributed by atoms with Gasteiger partial charge in [-0.1, -0.05) is 60.7 Å². The number of carbonyl (C=O) groups excluding carboxylic acids is 1. The lowest BCUT2D eigenvalue weighted by Gasteiger charge is -2.36. The summed E-state index contributed by atoms with van der Waals surface area (Å²) in [5, 5.41) is 0. The molecular formula is C20H25N3O. The molecule has 0 bridgehead atoms. The van der Waals surface area contributed by atoms with Crippen LogP contribution in [0.5, 0.6) is 0 Å². The summed E-state index contributed by atoms with van der Waals surface area (Å²) >= 11 is 0. The number of amides is 1. The second-order valence-electron chi connectivity index (χ2n) is 6.38. The Morgan fingerprint density at radius 2 is 1.42 bits per heavy atom. The highest BCUT2D eigenvalue weighted by molar-refractivity contribution is 5.82. The highest BCUT2D eigenvalue weighted by Gasteiger charge is 2.25. The third-order valence-corrected chi connectivity index (χ3v) is 4.55. The van der Waals surface area contributed by atoms with E-state index in [1.807, 2.05) is 41.3 Å². The Morgan fingerprint density at radius 3 is 2.00 bits per heavy atom. The lowest BCUT2D eigenvalue weighted by atomic mass is 10.1. The third-order valence-electron chi connectivity index (χ3n) is 4.55. The van der Waals surface area contributed by atoms with Gasteiger partial charge in [-0.25, -0.2) is 0 Å². The number of hydrogen-bond acceptors (Lipinski definition) is 3. The maximum Gasteiger partial charge on any atom is 0.239 e. The van der Waals surface area contributed by atoms with Gasteiger partial charge in [-0.2, -0.15) is 0 Å². The molecule has 0 radical (unpaired) electrons. The maximum atomic E-state index is 12.5. The van der Waals surface area contributed by atoms with E-state index in [1.54, 1.807) is 0 Å². The molecule has 4 heteroatoms. The lowest BCUT2D eigenvalue weighted by Crippen LogP contribution is -2.53. The molecule has 2 N–H and O–H groups in total. The SMILES string of the molecule is NC(Cc1ccccc1)C(=O)N1CCN(Cc2ccccc2)CC1. The van der Waals surface area contributed by atoms with Crippen LogP contribution in [-0.4, -0.2) is 47.9 Å². The molecular weight excluding hydrogens is 298 g/mol. The first-order valence-electron chi connectivity index (χ1n) is 8.57. The minimum Gasteiger partial charge on any atom is -0.339 e. The Bertz CT molecular complexity index is 636. The monoisotopic (exact) mass is 323 g/mol. The first kappa shape index (κ1) is 16.7. The van der Waals surface area contributed by atoms with Crippen molar-refractivity contribution in [3.63, 3.8) is 0 Å². The molecule has 0 spiro atoms.